The molecule has 4 heteroatoms. The molecule has 0 aliphatic heterocycles. The van der Waals surface area contributed by atoms with E-state index in [1.54, 1.807) is 19.2 Å². The van der Waals surface area contributed by atoms with Crippen molar-refractivity contribution in [2.75, 3.05) is 7.11 Å². The molecule has 0 fully saturated rings. The van der Waals surface area contributed by atoms with Gasteiger partial charge in [0.25, 0.3) is 0 Å². The predicted molar refractivity (Wildman–Crippen MR) is 112 cm³/mol. The predicted octanol–water partition coefficient (Wildman–Crippen LogP) is 4.94. The minimum Gasteiger partial charge on any atom is -0.508 e. The smallest absolute Gasteiger partial charge is 0.308 e. The normalized spacial score (nSPS) is 22.8. The summed E-state index contributed by atoms with van der Waals surface area (Å²) in [7, 11) is 1.62. The minimum atomic E-state index is -0.822. The lowest BCUT2D eigenvalue weighted by atomic mass is 9.65. The molecular weight excluding hydrogens is 364 g/mol. The quantitative estimate of drug-likeness (QED) is 0.649. The topological polar surface area (TPSA) is 66.8 Å². The number of carboxylic acids is 1. The molecule has 4 nitrogen and oxygen atoms in total. The molecule has 0 amide bonds. The summed E-state index contributed by atoms with van der Waals surface area (Å²) in [6.45, 7) is 2.04. The van der Waals surface area contributed by atoms with Crippen LogP contribution in [0.1, 0.15) is 41.5 Å². The monoisotopic (exact) mass is 388 g/mol. The molecule has 3 unspecified atom stereocenters. The maximum Gasteiger partial charge on any atom is 0.308 e. The third kappa shape index (κ3) is 2.87. The van der Waals surface area contributed by atoms with Crippen LogP contribution in [0.2, 0.25) is 0 Å². The highest BCUT2D eigenvalue weighted by molar-refractivity contribution is 5.79. The Morgan fingerprint density at radius 1 is 1.00 bits per heavy atom. The van der Waals surface area contributed by atoms with Crippen molar-refractivity contribution in [3.63, 3.8) is 0 Å². The number of phenols is 1. The first-order valence-electron chi connectivity index (χ1n) is 9.78. The lowest BCUT2D eigenvalue weighted by Gasteiger charge is -2.36. The summed E-state index contributed by atoms with van der Waals surface area (Å²) >= 11 is 0. The Kier molecular flexibility index (Phi) is 4.79. The number of methoxy groups -OCH3 is 1. The number of fused-ring (bicyclic) bond motifs is 1. The Bertz CT molecular complexity index is 1020. The van der Waals surface area contributed by atoms with Gasteiger partial charge in [-0.2, -0.15) is 0 Å². The molecule has 3 aromatic rings. The molecule has 0 bridgehead atoms. The zero-order chi connectivity index (χ0) is 20.6. The van der Waals surface area contributed by atoms with Gasteiger partial charge in [-0.1, -0.05) is 55.5 Å². The highest BCUT2D eigenvalue weighted by Gasteiger charge is 2.55. The summed E-state index contributed by atoms with van der Waals surface area (Å²) in [5.74, 6) is -0.847. The third-order valence-corrected chi connectivity index (χ3v) is 6.32. The second-order valence-electron chi connectivity index (χ2n) is 7.53. The summed E-state index contributed by atoms with van der Waals surface area (Å²) in [5.41, 5.74) is 3.27. The van der Waals surface area contributed by atoms with Gasteiger partial charge in [0.1, 0.15) is 11.5 Å². The van der Waals surface area contributed by atoms with E-state index in [0.29, 0.717) is 6.42 Å². The molecule has 29 heavy (non-hydrogen) atoms. The summed E-state index contributed by atoms with van der Waals surface area (Å²) < 4.78 is 5.28. The average molecular weight is 388 g/mol. The molecule has 0 radical (unpaired) electrons. The van der Waals surface area contributed by atoms with Crippen LogP contribution in [0.4, 0.5) is 0 Å². The Morgan fingerprint density at radius 3 is 2.24 bits per heavy atom. The number of ether oxygens (including phenoxy) is 1. The fourth-order valence-corrected chi connectivity index (χ4v) is 5.05. The molecule has 0 saturated carbocycles. The SMILES string of the molecule is CCC1(c2ccc(O)cc2)c2ccccc2C(c2ccc(OC)cc2)C1C(=O)O. The Balaban J connectivity index is 1.98. The highest BCUT2D eigenvalue weighted by atomic mass is 16.5. The maximum absolute atomic E-state index is 12.7. The van der Waals surface area contributed by atoms with Crippen LogP contribution in [-0.4, -0.2) is 23.3 Å². The van der Waals surface area contributed by atoms with Crippen LogP contribution >= 0.6 is 0 Å². The van der Waals surface area contributed by atoms with Gasteiger partial charge >= 0.3 is 5.97 Å². The summed E-state index contributed by atoms with van der Waals surface area (Å²) in [5, 5.41) is 20.2. The van der Waals surface area contributed by atoms with E-state index in [-0.39, 0.29) is 11.7 Å². The van der Waals surface area contributed by atoms with E-state index in [9.17, 15) is 15.0 Å². The van der Waals surface area contributed by atoms with Crippen LogP contribution in [0, 0.1) is 5.92 Å². The Hall–Kier alpha value is -3.27. The molecule has 0 aromatic heterocycles. The van der Waals surface area contributed by atoms with Crippen molar-refractivity contribution >= 4 is 5.97 Å². The maximum atomic E-state index is 12.7. The average Bonchev–Trinajstić information content (AvgIpc) is 3.06. The third-order valence-electron chi connectivity index (χ3n) is 6.32. The van der Waals surface area contributed by atoms with Gasteiger partial charge in [0.15, 0.2) is 0 Å². The minimum absolute atomic E-state index is 0.171. The lowest BCUT2D eigenvalue weighted by molar-refractivity contribution is -0.144. The number of carboxylic acid groups (broad SMARTS) is 1. The molecule has 0 spiro atoms. The number of phenolic OH excluding ortho intramolecular Hbond substituents is 1. The van der Waals surface area contributed by atoms with Crippen LogP contribution in [0.5, 0.6) is 11.5 Å². The van der Waals surface area contributed by atoms with Gasteiger partial charge in [0.05, 0.1) is 13.0 Å². The fourth-order valence-electron chi connectivity index (χ4n) is 5.05. The Morgan fingerprint density at radius 2 is 1.66 bits per heavy atom. The largest absolute Gasteiger partial charge is 0.508 e. The van der Waals surface area contributed by atoms with E-state index < -0.39 is 17.3 Å². The van der Waals surface area contributed by atoms with Crippen molar-refractivity contribution in [1.82, 2.24) is 0 Å². The standard InChI is InChI=1S/C25H24O4/c1-3-25(17-10-12-18(26)13-11-17)21-7-5-4-6-20(21)22(23(25)24(27)28)16-8-14-19(29-2)15-9-16/h4-15,22-23,26H,3H2,1-2H3,(H,27,28). The van der Waals surface area contributed by atoms with Crippen LogP contribution < -0.4 is 4.74 Å². The van der Waals surface area contributed by atoms with E-state index in [2.05, 4.69) is 0 Å². The van der Waals surface area contributed by atoms with E-state index in [0.717, 1.165) is 28.0 Å². The first kappa shape index (κ1) is 19.1. The van der Waals surface area contributed by atoms with Crippen molar-refractivity contribution in [3.8, 4) is 11.5 Å². The first-order chi connectivity index (χ1) is 14.0. The zero-order valence-corrected chi connectivity index (χ0v) is 16.5. The number of aromatic hydroxyl groups is 1. The summed E-state index contributed by atoms with van der Waals surface area (Å²) in [4.78, 5) is 12.7. The van der Waals surface area contributed by atoms with E-state index in [4.69, 9.17) is 4.74 Å². The van der Waals surface area contributed by atoms with Gasteiger partial charge in [0.2, 0.25) is 0 Å². The molecule has 2 N–H and O–H groups in total. The van der Waals surface area contributed by atoms with Crippen LogP contribution in [0.25, 0.3) is 0 Å². The molecule has 4 rings (SSSR count). The van der Waals surface area contributed by atoms with Gasteiger partial charge in [-0.05, 0) is 52.9 Å². The number of hydrogen-bond donors (Lipinski definition) is 2. The summed E-state index contributed by atoms with van der Waals surface area (Å²) in [6, 6.07) is 22.7. The number of rotatable bonds is 5. The molecule has 3 aromatic carbocycles. The van der Waals surface area contributed by atoms with Crippen molar-refractivity contribution in [2.24, 2.45) is 5.92 Å². The van der Waals surface area contributed by atoms with E-state index in [1.807, 2.05) is 67.6 Å². The van der Waals surface area contributed by atoms with Crippen LogP contribution in [0.15, 0.2) is 72.8 Å². The van der Waals surface area contributed by atoms with Gasteiger partial charge in [-0.15, -0.1) is 0 Å². The van der Waals surface area contributed by atoms with Gasteiger partial charge < -0.3 is 14.9 Å². The van der Waals surface area contributed by atoms with Crippen LogP contribution in [-0.2, 0) is 10.2 Å². The number of aliphatic carboxylic acids is 1. The number of hydrogen-bond acceptors (Lipinski definition) is 3. The van der Waals surface area contributed by atoms with Crippen molar-refractivity contribution in [3.05, 3.63) is 95.1 Å². The van der Waals surface area contributed by atoms with Gasteiger partial charge in [-0.3, -0.25) is 4.79 Å². The molecule has 0 heterocycles. The van der Waals surface area contributed by atoms with Crippen LogP contribution in [0.3, 0.4) is 0 Å². The Labute approximate surface area is 170 Å². The van der Waals surface area contributed by atoms with Gasteiger partial charge in [0, 0.05) is 11.3 Å². The van der Waals surface area contributed by atoms with Crippen molar-refractivity contribution < 1.29 is 19.7 Å². The molecule has 1 aliphatic carbocycles. The molecule has 0 saturated heterocycles. The second-order valence-corrected chi connectivity index (χ2v) is 7.53. The lowest BCUT2D eigenvalue weighted by Crippen LogP contribution is -2.39. The van der Waals surface area contributed by atoms with E-state index in [1.165, 1.54) is 0 Å². The first-order valence-corrected chi connectivity index (χ1v) is 9.78. The van der Waals surface area contributed by atoms with Crippen molar-refractivity contribution in [1.29, 1.82) is 0 Å². The zero-order valence-electron chi connectivity index (χ0n) is 16.5. The number of carbonyl (C=O) groups is 1. The van der Waals surface area contributed by atoms with E-state index >= 15 is 0 Å². The second kappa shape index (κ2) is 7.28. The fraction of sp³-hybridized carbons (Fsp3) is 0.240. The molecule has 1 aliphatic rings. The number of benzene rings is 3. The van der Waals surface area contributed by atoms with Crippen molar-refractivity contribution in [2.45, 2.75) is 24.7 Å². The molecular formula is C25H24O4. The summed E-state index contributed by atoms with van der Waals surface area (Å²) in [6.07, 6.45) is 0.637. The van der Waals surface area contributed by atoms with Gasteiger partial charge in [-0.25, -0.2) is 0 Å². The highest BCUT2D eigenvalue weighted by Crippen LogP contribution is 2.58. The molecule has 3 atom stereocenters. The molecule has 148 valence electrons.